The summed E-state index contributed by atoms with van der Waals surface area (Å²) < 4.78 is 21.3. The zero-order chi connectivity index (χ0) is 10.6. The molecule has 3 N–H and O–H groups in total. The van der Waals surface area contributed by atoms with Crippen molar-refractivity contribution in [1.82, 2.24) is 5.32 Å². The Morgan fingerprint density at radius 3 is 2.79 bits per heavy atom. The van der Waals surface area contributed by atoms with Gasteiger partial charge < -0.3 is 5.32 Å². The monoisotopic (exact) mass is 238 g/mol. The molecule has 14 heavy (non-hydrogen) atoms. The van der Waals surface area contributed by atoms with E-state index in [2.05, 4.69) is 12.2 Å². The Morgan fingerprint density at radius 2 is 2.29 bits per heavy atom. The minimum atomic E-state index is -3.28. The molecule has 1 heterocycles. The number of rotatable bonds is 5. The van der Waals surface area contributed by atoms with Crippen LogP contribution in [0.25, 0.3) is 0 Å². The lowest BCUT2D eigenvalue weighted by Crippen LogP contribution is -2.35. The van der Waals surface area contributed by atoms with Gasteiger partial charge >= 0.3 is 0 Å². The number of hydrogen-bond acceptors (Lipinski definition) is 4. The summed E-state index contributed by atoms with van der Waals surface area (Å²) in [5.41, 5.74) is 0. The number of nitrogens with one attached hydrogen (secondary N) is 1. The van der Waals surface area contributed by atoms with Crippen LogP contribution in [-0.2, 0) is 10.0 Å². The van der Waals surface area contributed by atoms with Crippen molar-refractivity contribution in [3.05, 3.63) is 0 Å². The molecular weight excluding hydrogens is 220 g/mol. The van der Waals surface area contributed by atoms with E-state index < -0.39 is 10.0 Å². The molecule has 0 radical (unpaired) electrons. The van der Waals surface area contributed by atoms with Gasteiger partial charge in [0.1, 0.15) is 0 Å². The third-order valence-electron chi connectivity index (χ3n) is 2.39. The van der Waals surface area contributed by atoms with E-state index in [4.69, 9.17) is 5.14 Å². The van der Waals surface area contributed by atoms with Crippen molar-refractivity contribution >= 4 is 21.8 Å². The molecule has 0 aliphatic carbocycles. The lowest BCUT2D eigenvalue weighted by Gasteiger charge is -2.15. The molecule has 1 aliphatic heterocycles. The highest BCUT2D eigenvalue weighted by atomic mass is 32.2. The molecule has 1 fully saturated rings. The molecule has 0 aromatic rings. The lowest BCUT2D eigenvalue weighted by atomic mass is 10.2. The summed E-state index contributed by atoms with van der Waals surface area (Å²) in [4.78, 5) is 0. The fraction of sp³-hybridized carbons (Fsp3) is 1.00. The van der Waals surface area contributed by atoms with Crippen molar-refractivity contribution in [2.45, 2.75) is 31.1 Å². The highest BCUT2D eigenvalue weighted by Gasteiger charge is 2.22. The molecule has 4 nitrogen and oxygen atoms in total. The molecule has 1 saturated heterocycles. The fourth-order valence-electron chi connectivity index (χ4n) is 1.56. The zero-order valence-corrected chi connectivity index (χ0v) is 10.0. The summed E-state index contributed by atoms with van der Waals surface area (Å²) in [5.74, 6) is 1.28. The molecule has 0 spiro atoms. The van der Waals surface area contributed by atoms with Gasteiger partial charge in [-0.1, -0.05) is 6.92 Å². The van der Waals surface area contributed by atoms with Crippen molar-refractivity contribution in [1.29, 1.82) is 0 Å². The van der Waals surface area contributed by atoms with Crippen molar-refractivity contribution in [3.63, 3.8) is 0 Å². The molecule has 1 rings (SSSR count). The highest BCUT2D eigenvalue weighted by molar-refractivity contribution is 8.00. The Bertz CT molecular complexity index is 267. The first-order valence-corrected chi connectivity index (χ1v) is 7.61. The van der Waals surface area contributed by atoms with Gasteiger partial charge in [-0.25, -0.2) is 13.6 Å². The van der Waals surface area contributed by atoms with Gasteiger partial charge in [0, 0.05) is 11.3 Å². The van der Waals surface area contributed by atoms with Crippen molar-refractivity contribution in [2.24, 2.45) is 5.14 Å². The average molecular weight is 238 g/mol. The van der Waals surface area contributed by atoms with Crippen LogP contribution < -0.4 is 10.5 Å². The second-order valence-electron chi connectivity index (χ2n) is 3.65. The van der Waals surface area contributed by atoms with Crippen molar-refractivity contribution in [3.8, 4) is 0 Å². The van der Waals surface area contributed by atoms with Crippen LogP contribution >= 0.6 is 11.8 Å². The summed E-state index contributed by atoms with van der Waals surface area (Å²) >= 11 is 1.96. The topological polar surface area (TPSA) is 72.2 Å². The Hall–Kier alpha value is 0.220. The standard InChI is InChI=1S/C8H18N2O2S2/c1-7-8(3-5-13-7)10-4-2-6-14(9,11)12/h7-8,10H,2-6H2,1H3,(H2,9,11,12). The minimum Gasteiger partial charge on any atom is -0.313 e. The van der Waals surface area contributed by atoms with E-state index in [1.165, 1.54) is 12.2 Å². The maximum Gasteiger partial charge on any atom is 0.209 e. The predicted molar refractivity (Wildman–Crippen MR) is 60.9 cm³/mol. The quantitative estimate of drug-likeness (QED) is 0.669. The molecule has 6 heteroatoms. The number of sulfonamides is 1. The fourth-order valence-corrected chi connectivity index (χ4v) is 3.33. The van der Waals surface area contributed by atoms with E-state index >= 15 is 0 Å². The molecule has 2 atom stereocenters. The predicted octanol–water partition coefficient (Wildman–Crippen LogP) is 0.149. The Morgan fingerprint density at radius 1 is 1.57 bits per heavy atom. The van der Waals surface area contributed by atoms with E-state index in [0.29, 0.717) is 17.7 Å². The van der Waals surface area contributed by atoms with Crippen LogP contribution in [0.4, 0.5) is 0 Å². The molecule has 1 aliphatic rings. The van der Waals surface area contributed by atoms with Gasteiger partial charge in [-0.3, -0.25) is 0 Å². The SMILES string of the molecule is CC1SCCC1NCCCS(N)(=O)=O. The maximum absolute atomic E-state index is 10.6. The Labute approximate surface area is 90.1 Å². The van der Waals surface area contributed by atoms with Gasteiger partial charge in [-0.15, -0.1) is 0 Å². The Kier molecular flexibility index (Phi) is 4.69. The van der Waals surface area contributed by atoms with Gasteiger partial charge in [0.15, 0.2) is 0 Å². The van der Waals surface area contributed by atoms with Gasteiger partial charge in [-0.2, -0.15) is 11.8 Å². The van der Waals surface area contributed by atoms with E-state index in [0.717, 1.165) is 6.54 Å². The molecule has 0 aromatic carbocycles. The van der Waals surface area contributed by atoms with Gasteiger partial charge in [0.2, 0.25) is 10.0 Å². The zero-order valence-electron chi connectivity index (χ0n) is 8.40. The van der Waals surface area contributed by atoms with E-state index in [9.17, 15) is 8.42 Å². The normalized spacial score (nSPS) is 28.1. The average Bonchev–Trinajstić information content (AvgIpc) is 2.44. The van der Waals surface area contributed by atoms with E-state index in [-0.39, 0.29) is 5.75 Å². The van der Waals surface area contributed by atoms with Gasteiger partial charge in [0.25, 0.3) is 0 Å². The molecule has 0 bridgehead atoms. The summed E-state index contributed by atoms with van der Waals surface area (Å²) in [6.07, 6.45) is 1.79. The molecular formula is C8H18N2O2S2. The third-order valence-corrected chi connectivity index (χ3v) is 4.57. The Balaban J connectivity index is 2.09. The van der Waals surface area contributed by atoms with Gasteiger partial charge in [-0.05, 0) is 25.1 Å². The first-order chi connectivity index (χ1) is 6.49. The summed E-state index contributed by atoms with van der Waals surface area (Å²) in [6, 6.07) is 0.542. The molecule has 2 unspecified atom stereocenters. The number of hydrogen-bond donors (Lipinski definition) is 2. The third kappa shape index (κ3) is 4.63. The first-order valence-electron chi connectivity index (χ1n) is 4.84. The van der Waals surface area contributed by atoms with E-state index in [1.807, 2.05) is 11.8 Å². The summed E-state index contributed by atoms with van der Waals surface area (Å²) in [6.45, 7) is 2.95. The van der Waals surface area contributed by atoms with Crippen LogP contribution in [0.5, 0.6) is 0 Å². The number of thioether (sulfide) groups is 1. The number of primary sulfonamides is 1. The first kappa shape index (κ1) is 12.3. The number of nitrogens with two attached hydrogens (primary N) is 1. The van der Waals surface area contributed by atoms with Crippen molar-refractivity contribution in [2.75, 3.05) is 18.1 Å². The highest BCUT2D eigenvalue weighted by Crippen LogP contribution is 2.25. The van der Waals surface area contributed by atoms with Crippen molar-refractivity contribution < 1.29 is 8.42 Å². The molecule has 0 aromatic heterocycles. The largest absolute Gasteiger partial charge is 0.313 e. The second-order valence-corrected chi connectivity index (χ2v) is 6.86. The van der Waals surface area contributed by atoms with E-state index in [1.54, 1.807) is 0 Å². The molecule has 84 valence electrons. The summed E-state index contributed by atoms with van der Waals surface area (Å²) in [5, 5.41) is 8.90. The van der Waals surface area contributed by atoms with Crippen LogP contribution in [-0.4, -0.2) is 37.8 Å². The summed E-state index contributed by atoms with van der Waals surface area (Å²) in [7, 11) is -3.28. The maximum atomic E-state index is 10.6. The second kappa shape index (κ2) is 5.34. The molecule has 0 amide bonds. The minimum absolute atomic E-state index is 0.0776. The lowest BCUT2D eigenvalue weighted by molar-refractivity contribution is 0.510. The van der Waals surface area contributed by atoms with Gasteiger partial charge in [0.05, 0.1) is 5.75 Å². The van der Waals surface area contributed by atoms with Crippen LogP contribution in [0.15, 0.2) is 0 Å². The smallest absolute Gasteiger partial charge is 0.209 e. The van der Waals surface area contributed by atoms with Crippen LogP contribution in [0, 0.1) is 0 Å². The van der Waals surface area contributed by atoms with Crippen LogP contribution in [0.3, 0.4) is 0 Å². The molecule has 0 saturated carbocycles. The van der Waals surface area contributed by atoms with Crippen LogP contribution in [0.2, 0.25) is 0 Å². The van der Waals surface area contributed by atoms with Crippen LogP contribution in [0.1, 0.15) is 19.8 Å².